The van der Waals surface area contributed by atoms with Crippen LogP contribution in [0.2, 0.25) is 0 Å². The number of alkyl halides is 2. The van der Waals surface area contributed by atoms with E-state index in [1.54, 1.807) is 12.1 Å². The molecular weight excluding hydrogens is 262 g/mol. The number of halogens is 2. The van der Waals surface area contributed by atoms with E-state index in [0.717, 1.165) is 37.7 Å². The van der Waals surface area contributed by atoms with Gasteiger partial charge in [-0.3, -0.25) is 4.90 Å². The largest absolute Gasteiger partial charge is 0.434 e. The van der Waals surface area contributed by atoms with Crippen molar-refractivity contribution in [2.24, 2.45) is 11.8 Å². The molecule has 20 heavy (non-hydrogen) atoms. The number of ether oxygens (including phenoxy) is 1. The molecule has 2 atom stereocenters. The molecule has 2 heterocycles. The predicted molar refractivity (Wildman–Crippen MR) is 72.8 cm³/mol. The van der Waals surface area contributed by atoms with Gasteiger partial charge >= 0.3 is 6.61 Å². The van der Waals surface area contributed by atoms with Crippen LogP contribution in [0.15, 0.2) is 24.3 Å². The maximum absolute atomic E-state index is 12.4. The Morgan fingerprint density at radius 3 is 2.90 bits per heavy atom. The van der Waals surface area contributed by atoms with E-state index in [4.69, 9.17) is 0 Å². The second-order valence-electron chi connectivity index (χ2n) is 5.69. The molecule has 2 aliphatic rings. The molecule has 1 aromatic rings. The van der Waals surface area contributed by atoms with Crippen molar-refractivity contribution in [3.63, 3.8) is 0 Å². The first-order valence-electron chi connectivity index (χ1n) is 7.18. The smallest absolute Gasteiger partial charge is 0.387 e. The fourth-order valence-corrected chi connectivity index (χ4v) is 3.34. The van der Waals surface area contributed by atoms with Crippen molar-refractivity contribution in [1.82, 2.24) is 10.2 Å². The summed E-state index contributed by atoms with van der Waals surface area (Å²) in [5.41, 5.74) is 0.845. The third-order valence-electron chi connectivity index (χ3n) is 4.37. The zero-order valence-corrected chi connectivity index (χ0v) is 11.4. The SMILES string of the molecule is FC(F)Oc1ccccc1CN1CCC2CNCC2C1. The molecule has 5 heteroatoms. The van der Waals surface area contributed by atoms with Crippen molar-refractivity contribution < 1.29 is 13.5 Å². The Labute approximate surface area is 117 Å². The zero-order valence-electron chi connectivity index (χ0n) is 11.4. The average Bonchev–Trinajstić information content (AvgIpc) is 2.88. The lowest BCUT2D eigenvalue weighted by Crippen LogP contribution is -2.39. The molecule has 2 saturated heterocycles. The highest BCUT2D eigenvalue weighted by molar-refractivity contribution is 5.33. The third kappa shape index (κ3) is 3.10. The van der Waals surface area contributed by atoms with Crippen molar-refractivity contribution in [3.8, 4) is 5.75 Å². The standard InChI is InChI=1S/C15H20F2N2O/c16-15(17)20-14-4-2-1-3-12(14)9-19-6-5-11-7-18-8-13(11)10-19/h1-4,11,13,15,18H,5-10H2. The number of benzene rings is 1. The Hall–Kier alpha value is -1.20. The minimum atomic E-state index is -2.76. The van der Waals surface area contributed by atoms with E-state index in [1.165, 1.54) is 6.42 Å². The summed E-state index contributed by atoms with van der Waals surface area (Å²) in [6.45, 7) is 2.21. The summed E-state index contributed by atoms with van der Waals surface area (Å²) in [7, 11) is 0. The van der Waals surface area contributed by atoms with E-state index in [2.05, 4.69) is 15.0 Å². The molecule has 0 radical (unpaired) electrons. The molecule has 2 unspecified atom stereocenters. The number of hydrogen-bond acceptors (Lipinski definition) is 3. The van der Waals surface area contributed by atoms with Gasteiger partial charge < -0.3 is 10.1 Å². The first-order valence-corrected chi connectivity index (χ1v) is 7.18. The van der Waals surface area contributed by atoms with Gasteiger partial charge in [-0.2, -0.15) is 8.78 Å². The highest BCUT2D eigenvalue weighted by Gasteiger charge is 2.32. The highest BCUT2D eigenvalue weighted by Crippen LogP contribution is 2.29. The van der Waals surface area contributed by atoms with Gasteiger partial charge in [0.1, 0.15) is 5.75 Å². The monoisotopic (exact) mass is 282 g/mol. The van der Waals surface area contributed by atoms with E-state index in [0.29, 0.717) is 18.2 Å². The van der Waals surface area contributed by atoms with E-state index in [9.17, 15) is 8.78 Å². The van der Waals surface area contributed by atoms with Gasteiger partial charge in [0.2, 0.25) is 0 Å². The number of nitrogens with one attached hydrogen (secondary N) is 1. The summed E-state index contributed by atoms with van der Waals surface area (Å²) in [6, 6.07) is 7.09. The average molecular weight is 282 g/mol. The van der Waals surface area contributed by atoms with Crippen LogP contribution < -0.4 is 10.1 Å². The summed E-state index contributed by atoms with van der Waals surface area (Å²) in [6.07, 6.45) is 1.19. The molecule has 1 N–H and O–H groups in total. The van der Waals surface area contributed by atoms with Gasteiger partial charge in [0.25, 0.3) is 0 Å². The molecule has 0 amide bonds. The highest BCUT2D eigenvalue weighted by atomic mass is 19.3. The van der Waals surface area contributed by atoms with E-state index < -0.39 is 6.61 Å². The van der Waals surface area contributed by atoms with Crippen molar-refractivity contribution in [2.45, 2.75) is 19.6 Å². The van der Waals surface area contributed by atoms with Gasteiger partial charge in [-0.25, -0.2) is 0 Å². The Bertz CT molecular complexity index is 455. The Kier molecular flexibility index (Phi) is 4.17. The van der Waals surface area contributed by atoms with Gasteiger partial charge in [-0.1, -0.05) is 18.2 Å². The summed E-state index contributed by atoms with van der Waals surface area (Å²) < 4.78 is 29.4. The van der Waals surface area contributed by atoms with E-state index in [1.807, 2.05) is 12.1 Å². The number of rotatable bonds is 4. The maximum Gasteiger partial charge on any atom is 0.387 e. The summed E-state index contributed by atoms with van der Waals surface area (Å²) in [5.74, 6) is 1.79. The number of piperidine rings is 1. The molecule has 0 spiro atoms. The molecule has 2 aliphatic heterocycles. The Morgan fingerprint density at radius 2 is 2.05 bits per heavy atom. The van der Waals surface area contributed by atoms with Crippen LogP contribution in [0.3, 0.4) is 0 Å². The van der Waals surface area contributed by atoms with Gasteiger partial charge in [0, 0.05) is 18.7 Å². The van der Waals surface area contributed by atoms with Crippen LogP contribution in [0, 0.1) is 11.8 Å². The van der Waals surface area contributed by atoms with Crippen LogP contribution in [0.1, 0.15) is 12.0 Å². The van der Waals surface area contributed by atoms with Crippen molar-refractivity contribution in [2.75, 3.05) is 26.2 Å². The number of nitrogens with zero attached hydrogens (tertiary/aromatic N) is 1. The molecular formula is C15H20F2N2O. The topological polar surface area (TPSA) is 24.5 Å². The quantitative estimate of drug-likeness (QED) is 0.917. The molecule has 3 rings (SSSR count). The number of hydrogen-bond donors (Lipinski definition) is 1. The lowest BCUT2D eigenvalue weighted by Gasteiger charge is -2.34. The van der Waals surface area contributed by atoms with Gasteiger partial charge in [0.05, 0.1) is 0 Å². The number of para-hydroxylation sites is 1. The molecule has 1 aromatic carbocycles. The van der Waals surface area contributed by atoms with Crippen LogP contribution in [-0.2, 0) is 6.54 Å². The van der Waals surface area contributed by atoms with Crippen LogP contribution in [-0.4, -0.2) is 37.7 Å². The van der Waals surface area contributed by atoms with Crippen molar-refractivity contribution in [3.05, 3.63) is 29.8 Å². The molecule has 0 bridgehead atoms. The molecule has 0 aromatic heterocycles. The van der Waals surface area contributed by atoms with Crippen LogP contribution in [0.4, 0.5) is 8.78 Å². The second-order valence-corrected chi connectivity index (χ2v) is 5.69. The number of likely N-dealkylation sites (tertiary alicyclic amines) is 1. The van der Waals surface area contributed by atoms with Gasteiger partial charge in [-0.15, -0.1) is 0 Å². The number of fused-ring (bicyclic) bond motifs is 1. The Morgan fingerprint density at radius 1 is 1.25 bits per heavy atom. The van der Waals surface area contributed by atoms with E-state index >= 15 is 0 Å². The van der Waals surface area contributed by atoms with Crippen molar-refractivity contribution >= 4 is 0 Å². The Balaban J connectivity index is 1.65. The predicted octanol–water partition coefficient (Wildman–Crippen LogP) is 2.33. The van der Waals surface area contributed by atoms with Crippen LogP contribution >= 0.6 is 0 Å². The normalized spacial score (nSPS) is 26.8. The van der Waals surface area contributed by atoms with Gasteiger partial charge in [0.15, 0.2) is 0 Å². The van der Waals surface area contributed by atoms with E-state index in [-0.39, 0.29) is 0 Å². The second kappa shape index (κ2) is 6.06. The third-order valence-corrected chi connectivity index (χ3v) is 4.37. The molecule has 2 fully saturated rings. The summed E-state index contributed by atoms with van der Waals surface area (Å²) in [5, 5.41) is 3.44. The van der Waals surface area contributed by atoms with Crippen LogP contribution in [0.5, 0.6) is 5.75 Å². The first kappa shape index (κ1) is 13.8. The molecule has 0 aliphatic carbocycles. The summed E-state index contributed by atoms with van der Waals surface area (Å²) in [4.78, 5) is 2.35. The van der Waals surface area contributed by atoms with Gasteiger partial charge in [-0.05, 0) is 44.0 Å². The summed E-state index contributed by atoms with van der Waals surface area (Å²) >= 11 is 0. The lowest BCUT2D eigenvalue weighted by molar-refractivity contribution is -0.0508. The molecule has 0 saturated carbocycles. The molecule has 110 valence electrons. The minimum Gasteiger partial charge on any atom is -0.434 e. The lowest BCUT2D eigenvalue weighted by atomic mass is 9.88. The maximum atomic E-state index is 12.4. The van der Waals surface area contributed by atoms with Crippen molar-refractivity contribution in [1.29, 1.82) is 0 Å². The fourth-order valence-electron chi connectivity index (χ4n) is 3.34. The molecule has 3 nitrogen and oxygen atoms in total. The fraction of sp³-hybridized carbons (Fsp3) is 0.600. The minimum absolute atomic E-state index is 0.300. The van der Waals surface area contributed by atoms with Crippen LogP contribution in [0.25, 0.3) is 0 Å². The first-order chi connectivity index (χ1) is 9.72. The zero-order chi connectivity index (χ0) is 13.9.